The van der Waals surface area contributed by atoms with E-state index in [-0.39, 0.29) is 34.8 Å². The van der Waals surface area contributed by atoms with Gasteiger partial charge in [0.1, 0.15) is 11.5 Å². The average Bonchev–Trinajstić information content (AvgIpc) is 3.00. The van der Waals surface area contributed by atoms with Crippen molar-refractivity contribution in [1.82, 2.24) is 9.62 Å². The Hall–Kier alpha value is -3.60. The Labute approximate surface area is 245 Å². The largest absolute Gasteiger partial charge is 0.492 e. The van der Waals surface area contributed by atoms with E-state index in [9.17, 15) is 18.0 Å². The molecule has 0 radical (unpaired) electrons. The molecule has 0 saturated carbocycles. The highest BCUT2D eigenvalue weighted by molar-refractivity contribution is 7.89. The van der Waals surface area contributed by atoms with Crippen molar-refractivity contribution in [3.8, 4) is 11.5 Å². The summed E-state index contributed by atoms with van der Waals surface area (Å²) in [5.74, 6) is -0.326. The zero-order chi connectivity index (χ0) is 29.0. The summed E-state index contributed by atoms with van der Waals surface area (Å²) in [6, 6.07) is 21.0. The van der Waals surface area contributed by atoms with Crippen LogP contribution in [0.5, 0.6) is 11.5 Å². The van der Waals surface area contributed by atoms with Crippen LogP contribution < -0.4 is 19.7 Å². The normalized spacial score (nSPS) is 19.1. The second-order valence-electron chi connectivity index (χ2n) is 9.95. The molecule has 41 heavy (non-hydrogen) atoms. The first-order chi connectivity index (χ1) is 19.8. The van der Waals surface area contributed by atoms with E-state index in [2.05, 4.69) is 5.32 Å². The molecule has 0 bridgehead atoms. The number of anilines is 1. The summed E-state index contributed by atoms with van der Waals surface area (Å²) in [5, 5.41) is 3.10. The molecule has 2 heterocycles. The molecule has 11 heteroatoms. The van der Waals surface area contributed by atoms with Gasteiger partial charge in [0.25, 0.3) is 5.91 Å². The molecular weight excluding hydrogens is 566 g/mol. The summed E-state index contributed by atoms with van der Waals surface area (Å²) >= 11 is 6.26. The van der Waals surface area contributed by atoms with Crippen molar-refractivity contribution in [1.29, 1.82) is 0 Å². The number of halogens is 1. The first-order valence-electron chi connectivity index (χ1n) is 13.6. The summed E-state index contributed by atoms with van der Waals surface area (Å²) in [7, 11) is -3.90. The first-order valence-corrected chi connectivity index (χ1v) is 15.4. The predicted molar refractivity (Wildman–Crippen MR) is 156 cm³/mol. The van der Waals surface area contributed by atoms with E-state index < -0.39 is 22.0 Å². The lowest BCUT2D eigenvalue weighted by Crippen LogP contribution is -2.53. The molecule has 0 aromatic heterocycles. The molecule has 3 aromatic carbocycles. The third kappa shape index (κ3) is 6.34. The number of hydrogen-bond donors (Lipinski definition) is 1. The third-order valence-electron chi connectivity index (χ3n) is 7.22. The van der Waals surface area contributed by atoms with Gasteiger partial charge in [0.15, 0.2) is 6.10 Å². The number of piperidine rings is 1. The number of ether oxygens (including phenoxy) is 2. The average molecular weight is 598 g/mol. The number of carbonyl (C=O) groups excluding carboxylic acids is 2. The van der Waals surface area contributed by atoms with Gasteiger partial charge >= 0.3 is 0 Å². The number of amides is 2. The van der Waals surface area contributed by atoms with Gasteiger partial charge in [-0.25, -0.2) is 8.42 Å². The van der Waals surface area contributed by atoms with Gasteiger partial charge in [-0.1, -0.05) is 54.1 Å². The molecule has 216 valence electrons. The molecule has 2 aliphatic heterocycles. The number of nitrogens with zero attached hydrogens (tertiary/aromatic N) is 2. The molecule has 0 aliphatic carbocycles. The van der Waals surface area contributed by atoms with Crippen LogP contribution in [0.4, 0.5) is 5.69 Å². The molecule has 2 aliphatic rings. The highest BCUT2D eigenvalue weighted by Gasteiger charge is 2.40. The third-order valence-corrected chi connectivity index (χ3v) is 9.37. The van der Waals surface area contributed by atoms with Crippen molar-refractivity contribution in [3.05, 3.63) is 83.4 Å². The van der Waals surface area contributed by atoms with E-state index >= 15 is 0 Å². The fraction of sp³-hybridized carbons (Fsp3) is 0.333. The number of benzene rings is 3. The zero-order valence-electron chi connectivity index (χ0n) is 22.7. The summed E-state index contributed by atoms with van der Waals surface area (Å²) in [4.78, 5) is 28.6. The van der Waals surface area contributed by atoms with E-state index in [1.807, 2.05) is 37.3 Å². The van der Waals surface area contributed by atoms with E-state index in [0.29, 0.717) is 49.7 Å². The lowest BCUT2D eigenvalue weighted by Gasteiger charge is -2.38. The van der Waals surface area contributed by atoms with Gasteiger partial charge in [-0.2, -0.15) is 4.31 Å². The van der Waals surface area contributed by atoms with Crippen LogP contribution >= 0.6 is 11.6 Å². The minimum atomic E-state index is -3.90. The Balaban J connectivity index is 1.32. The van der Waals surface area contributed by atoms with Crippen LogP contribution in [0.3, 0.4) is 0 Å². The zero-order valence-corrected chi connectivity index (χ0v) is 24.2. The van der Waals surface area contributed by atoms with Gasteiger partial charge in [-0.05, 0) is 55.7 Å². The Kier molecular flexibility index (Phi) is 8.82. The second kappa shape index (κ2) is 12.5. The first kappa shape index (κ1) is 28.9. The van der Waals surface area contributed by atoms with Gasteiger partial charge in [-0.3, -0.25) is 9.59 Å². The van der Waals surface area contributed by atoms with Gasteiger partial charge in [0.2, 0.25) is 15.9 Å². The molecule has 2 unspecified atom stereocenters. The van der Waals surface area contributed by atoms with Crippen molar-refractivity contribution in [2.75, 3.05) is 31.1 Å². The molecule has 1 fully saturated rings. The lowest BCUT2D eigenvalue weighted by atomic mass is 9.97. The fourth-order valence-electron chi connectivity index (χ4n) is 5.12. The van der Waals surface area contributed by atoms with E-state index in [1.165, 1.54) is 16.4 Å². The summed E-state index contributed by atoms with van der Waals surface area (Å²) < 4.78 is 39.8. The van der Waals surface area contributed by atoms with Gasteiger partial charge < -0.3 is 19.7 Å². The molecule has 1 saturated heterocycles. The minimum Gasteiger partial charge on any atom is -0.492 e. The van der Waals surface area contributed by atoms with Crippen molar-refractivity contribution in [3.63, 3.8) is 0 Å². The minimum absolute atomic E-state index is 0.0220. The predicted octanol–water partition coefficient (Wildman–Crippen LogP) is 4.25. The van der Waals surface area contributed by atoms with Crippen LogP contribution in [-0.2, 0) is 26.2 Å². The van der Waals surface area contributed by atoms with Crippen molar-refractivity contribution in [2.24, 2.45) is 5.92 Å². The van der Waals surface area contributed by atoms with Gasteiger partial charge in [0.05, 0.1) is 34.7 Å². The fourth-order valence-corrected chi connectivity index (χ4v) is 6.98. The second-order valence-corrected chi connectivity index (χ2v) is 12.3. The number of nitrogens with one attached hydrogen (secondary N) is 1. The molecule has 9 nitrogen and oxygen atoms in total. The Morgan fingerprint density at radius 3 is 2.56 bits per heavy atom. The maximum absolute atomic E-state index is 13.9. The van der Waals surface area contributed by atoms with Crippen LogP contribution in [0.15, 0.2) is 77.7 Å². The number of rotatable bonds is 8. The maximum Gasteiger partial charge on any atom is 0.263 e. The Morgan fingerprint density at radius 1 is 1.05 bits per heavy atom. The number of sulfonamides is 1. The lowest BCUT2D eigenvalue weighted by molar-refractivity contribution is -0.129. The standard InChI is InChI=1S/C30H32ClN3O6S/c1-2-39-26-15-14-23(17-24(26)31)41(37,38)33-16-8-11-22(19-33)30(36)34-20-28(40-27-13-7-6-12-25(27)34)29(35)32-18-21-9-4-3-5-10-21/h3-7,9-10,12-15,17,22,28H,2,8,11,16,18-20H2,1H3,(H,32,35). The molecular formula is C30H32ClN3O6S. The molecule has 0 spiro atoms. The van der Waals surface area contributed by atoms with Crippen LogP contribution in [0, 0.1) is 5.92 Å². The highest BCUT2D eigenvalue weighted by atomic mass is 35.5. The highest BCUT2D eigenvalue weighted by Crippen LogP contribution is 2.36. The molecule has 3 aromatic rings. The van der Waals surface area contributed by atoms with Crippen LogP contribution in [-0.4, -0.2) is 56.9 Å². The summed E-state index contributed by atoms with van der Waals surface area (Å²) in [6.07, 6.45) is 0.138. The topological polar surface area (TPSA) is 105 Å². The molecule has 1 N–H and O–H groups in total. The number of hydrogen-bond acceptors (Lipinski definition) is 6. The SMILES string of the molecule is CCOc1ccc(S(=O)(=O)N2CCCC(C(=O)N3CC(C(=O)NCc4ccccc4)Oc4ccccc43)C2)cc1Cl. The smallest absolute Gasteiger partial charge is 0.263 e. The molecule has 5 rings (SSSR count). The monoisotopic (exact) mass is 597 g/mol. The van der Waals surface area contributed by atoms with Crippen LogP contribution in [0.25, 0.3) is 0 Å². The van der Waals surface area contributed by atoms with Crippen molar-refractivity contribution < 1.29 is 27.5 Å². The van der Waals surface area contributed by atoms with E-state index in [4.69, 9.17) is 21.1 Å². The molecule has 2 atom stereocenters. The number of carbonyl (C=O) groups is 2. The van der Waals surface area contributed by atoms with Gasteiger partial charge in [-0.15, -0.1) is 0 Å². The van der Waals surface area contributed by atoms with Gasteiger partial charge in [0, 0.05) is 19.6 Å². The van der Waals surface area contributed by atoms with E-state index in [0.717, 1.165) is 5.56 Å². The number of fused-ring (bicyclic) bond motifs is 1. The van der Waals surface area contributed by atoms with Crippen LogP contribution in [0.2, 0.25) is 5.02 Å². The van der Waals surface area contributed by atoms with Crippen LogP contribution in [0.1, 0.15) is 25.3 Å². The Bertz CT molecular complexity index is 1520. The van der Waals surface area contributed by atoms with Crippen molar-refractivity contribution in [2.45, 2.75) is 37.3 Å². The maximum atomic E-state index is 13.9. The molecule has 2 amide bonds. The van der Waals surface area contributed by atoms with E-state index in [1.54, 1.807) is 35.2 Å². The summed E-state index contributed by atoms with van der Waals surface area (Å²) in [6.45, 7) is 2.89. The number of para-hydroxylation sites is 2. The van der Waals surface area contributed by atoms with Crippen molar-refractivity contribution >= 4 is 39.1 Å². The Morgan fingerprint density at radius 2 is 1.80 bits per heavy atom. The quantitative estimate of drug-likeness (QED) is 0.416. The summed E-state index contributed by atoms with van der Waals surface area (Å²) in [5.41, 5.74) is 1.50.